The van der Waals surface area contributed by atoms with Crippen LogP contribution in [-0.4, -0.2) is 26.6 Å². The van der Waals surface area contributed by atoms with E-state index in [0.29, 0.717) is 22.6 Å². The monoisotopic (exact) mass is 473 g/mol. The molecule has 0 saturated carbocycles. The molecule has 3 aromatic heterocycles. The first-order valence-electron chi connectivity index (χ1n) is 9.79. The number of aromatic nitrogens is 3. The van der Waals surface area contributed by atoms with Crippen LogP contribution in [0.15, 0.2) is 48.7 Å². The average Bonchev–Trinajstić information content (AvgIpc) is 3.36. The van der Waals surface area contributed by atoms with Gasteiger partial charge >= 0.3 is 6.18 Å². The van der Waals surface area contributed by atoms with E-state index in [-0.39, 0.29) is 26.3 Å². The van der Waals surface area contributed by atoms with Crippen LogP contribution in [0.4, 0.5) is 18.9 Å². The molecule has 3 heterocycles. The Morgan fingerprint density at radius 2 is 1.88 bits per heavy atom. The molecule has 7 nitrogen and oxygen atoms in total. The number of fused-ring (bicyclic) bond motifs is 1. The fourth-order valence-corrected chi connectivity index (χ4v) is 4.39. The molecule has 1 atom stereocenters. The molecule has 33 heavy (non-hydrogen) atoms. The summed E-state index contributed by atoms with van der Waals surface area (Å²) in [5, 5.41) is 7.11. The highest BCUT2D eigenvalue weighted by Gasteiger charge is 2.35. The third-order valence-electron chi connectivity index (χ3n) is 5.03. The number of hydrogen-bond donors (Lipinski definition) is 2. The van der Waals surface area contributed by atoms with Gasteiger partial charge in [0.1, 0.15) is 21.4 Å². The lowest BCUT2D eigenvalue weighted by atomic mass is 10.0. The predicted molar refractivity (Wildman–Crippen MR) is 119 cm³/mol. The molecule has 1 unspecified atom stereocenters. The zero-order valence-electron chi connectivity index (χ0n) is 17.5. The number of pyridine rings is 1. The third kappa shape index (κ3) is 4.31. The Morgan fingerprint density at radius 3 is 2.45 bits per heavy atom. The smallest absolute Gasteiger partial charge is 0.365 e. The number of rotatable bonds is 5. The summed E-state index contributed by atoms with van der Waals surface area (Å²) in [6.07, 6.45) is -3.07. The van der Waals surface area contributed by atoms with Crippen LogP contribution in [0.2, 0.25) is 0 Å². The van der Waals surface area contributed by atoms with Crippen LogP contribution < -0.4 is 11.1 Å². The molecule has 0 radical (unpaired) electrons. The SMILES string of the molecule is Cc1ccn(C(C)C(=O)Nc2c(C(N)=O)sc3nc(C(F)(F)F)cc(-c4ccccc4)c23)n1. The van der Waals surface area contributed by atoms with Crippen LogP contribution in [-0.2, 0) is 11.0 Å². The third-order valence-corrected chi connectivity index (χ3v) is 6.13. The van der Waals surface area contributed by atoms with E-state index in [0.717, 1.165) is 6.07 Å². The Hall–Kier alpha value is -3.73. The number of nitrogens with one attached hydrogen (secondary N) is 1. The number of halogens is 3. The maximum atomic E-state index is 13.6. The van der Waals surface area contributed by atoms with Crippen molar-refractivity contribution in [3.63, 3.8) is 0 Å². The van der Waals surface area contributed by atoms with Gasteiger partial charge in [0.05, 0.1) is 11.4 Å². The molecule has 0 aliphatic heterocycles. The van der Waals surface area contributed by atoms with Crippen molar-refractivity contribution in [1.82, 2.24) is 14.8 Å². The maximum Gasteiger partial charge on any atom is 0.433 e. The number of nitrogens with two attached hydrogens (primary N) is 1. The highest BCUT2D eigenvalue weighted by Crippen LogP contribution is 2.43. The van der Waals surface area contributed by atoms with Gasteiger partial charge in [-0.05, 0) is 37.1 Å². The first-order valence-corrected chi connectivity index (χ1v) is 10.6. The van der Waals surface area contributed by atoms with Crippen molar-refractivity contribution in [2.45, 2.75) is 26.1 Å². The number of hydrogen-bond acceptors (Lipinski definition) is 5. The number of carbonyl (C=O) groups is 2. The molecule has 0 aliphatic rings. The molecular weight excluding hydrogens is 455 g/mol. The zero-order valence-corrected chi connectivity index (χ0v) is 18.3. The zero-order chi connectivity index (χ0) is 23.9. The number of primary amides is 1. The number of amides is 2. The van der Waals surface area contributed by atoms with Crippen LogP contribution >= 0.6 is 11.3 Å². The van der Waals surface area contributed by atoms with E-state index in [2.05, 4.69) is 15.4 Å². The van der Waals surface area contributed by atoms with Crippen molar-refractivity contribution in [2.75, 3.05) is 5.32 Å². The molecular formula is C22H18F3N5O2S. The first-order chi connectivity index (χ1) is 15.6. The standard InChI is InChI=1S/C22H18F3N5O2S/c1-11-8-9-30(29-11)12(2)20(32)28-17-16-14(13-6-4-3-5-7-13)10-15(22(23,24)25)27-21(16)33-18(17)19(26)31/h3-10,12H,1-2H3,(H2,26,31)(H,28,32). The molecule has 0 bridgehead atoms. The van der Waals surface area contributed by atoms with Gasteiger partial charge in [0.25, 0.3) is 5.91 Å². The molecule has 0 saturated heterocycles. The summed E-state index contributed by atoms with van der Waals surface area (Å²) in [7, 11) is 0. The number of nitrogens with zero attached hydrogens (tertiary/aromatic N) is 3. The molecule has 2 amide bonds. The Kier molecular flexibility index (Phi) is 5.66. The number of benzene rings is 1. The lowest BCUT2D eigenvalue weighted by molar-refractivity contribution is -0.140. The summed E-state index contributed by atoms with van der Waals surface area (Å²) in [6.45, 7) is 3.38. The molecule has 4 rings (SSSR count). The van der Waals surface area contributed by atoms with E-state index in [9.17, 15) is 22.8 Å². The quantitative estimate of drug-likeness (QED) is 0.435. The fourth-order valence-electron chi connectivity index (χ4n) is 3.38. The van der Waals surface area contributed by atoms with Gasteiger partial charge in [-0.25, -0.2) is 4.98 Å². The summed E-state index contributed by atoms with van der Waals surface area (Å²) < 4.78 is 42.1. The molecule has 170 valence electrons. The maximum absolute atomic E-state index is 13.6. The lowest BCUT2D eigenvalue weighted by Gasteiger charge is -2.15. The average molecular weight is 473 g/mol. The Labute approximate surface area is 190 Å². The minimum atomic E-state index is -4.70. The summed E-state index contributed by atoms with van der Waals surface area (Å²) in [5.74, 6) is -1.40. The van der Waals surface area contributed by atoms with Crippen LogP contribution in [0.5, 0.6) is 0 Å². The van der Waals surface area contributed by atoms with Gasteiger partial charge in [-0.15, -0.1) is 11.3 Å². The van der Waals surface area contributed by atoms with Gasteiger partial charge in [-0.1, -0.05) is 30.3 Å². The molecule has 0 spiro atoms. The highest BCUT2D eigenvalue weighted by molar-refractivity contribution is 7.21. The number of aryl methyl sites for hydroxylation is 1. The van der Waals surface area contributed by atoms with Crippen molar-refractivity contribution in [1.29, 1.82) is 0 Å². The lowest BCUT2D eigenvalue weighted by Crippen LogP contribution is -2.25. The number of carbonyl (C=O) groups excluding carboxylic acids is 2. The fraction of sp³-hybridized carbons (Fsp3) is 0.182. The van der Waals surface area contributed by atoms with Crippen LogP contribution in [0, 0.1) is 6.92 Å². The van der Waals surface area contributed by atoms with E-state index < -0.39 is 29.7 Å². The van der Waals surface area contributed by atoms with Crippen molar-refractivity contribution in [3.05, 3.63) is 64.9 Å². The van der Waals surface area contributed by atoms with Gasteiger partial charge in [-0.2, -0.15) is 18.3 Å². The van der Waals surface area contributed by atoms with E-state index in [4.69, 9.17) is 5.73 Å². The Balaban J connectivity index is 1.92. The van der Waals surface area contributed by atoms with Crippen molar-refractivity contribution in [2.24, 2.45) is 5.73 Å². The summed E-state index contributed by atoms with van der Waals surface area (Å²) >= 11 is 0.702. The highest BCUT2D eigenvalue weighted by atomic mass is 32.1. The minimum absolute atomic E-state index is 0.0308. The van der Waals surface area contributed by atoms with Crippen molar-refractivity contribution >= 4 is 39.1 Å². The van der Waals surface area contributed by atoms with E-state index >= 15 is 0 Å². The van der Waals surface area contributed by atoms with Crippen LogP contribution in [0.3, 0.4) is 0 Å². The van der Waals surface area contributed by atoms with Gasteiger partial charge in [0, 0.05) is 11.6 Å². The normalized spacial score (nSPS) is 12.6. The second-order valence-corrected chi connectivity index (χ2v) is 8.37. The minimum Gasteiger partial charge on any atom is -0.365 e. The Bertz CT molecular complexity index is 1360. The summed E-state index contributed by atoms with van der Waals surface area (Å²) in [6, 6.07) is 10.2. The van der Waals surface area contributed by atoms with E-state index in [1.165, 1.54) is 4.68 Å². The van der Waals surface area contributed by atoms with Gasteiger partial charge in [-0.3, -0.25) is 14.3 Å². The van der Waals surface area contributed by atoms with Crippen molar-refractivity contribution < 1.29 is 22.8 Å². The van der Waals surface area contributed by atoms with Gasteiger partial charge in [0.2, 0.25) is 5.91 Å². The largest absolute Gasteiger partial charge is 0.433 e. The molecule has 1 aromatic carbocycles. The predicted octanol–water partition coefficient (Wildman–Crippen LogP) is 4.79. The topological polar surface area (TPSA) is 103 Å². The molecule has 0 fully saturated rings. The van der Waals surface area contributed by atoms with Gasteiger partial charge in [0.15, 0.2) is 0 Å². The van der Waals surface area contributed by atoms with E-state index in [1.807, 2.05) is 0 Å². The summed E-state index contributed by atoms with van der Waals surface area (Å²) in [4.78, 5) is 28.7. The van der Waals surface area contributed by atoms with Crippen molar-refractivity contribution in [3.8, 4) is 11.1 Å². The van der Waals surface area contributed by atoms with E-state index in [1.54, 1.807) is 56.4 Å². The summed E-state index contributed by atoms with van der Waals surface area (Å²) in [5.41, 5.74) is 5.79. The molecule has 4 aromatic rings. The number of alkyl halides is 3. The second kappa shape index (κ2) is 8.32. The van der Waals surface area contributed by atoms with Crippen LogP contribution in [0.25, 0.3) is 21.3 Å². The first kappa shape index (κ1) is 22.5. The molecule has 11 heteroatoms. The number of thiophene rings is 1. The second-order valence-electron chi connectivity index (χ2n) is 7.37. The number of anilines is 1. The van der Waals surface area contributed by atoms with Gasteiger partial charge < -0.3 is 11.1 Å². The molecule has 0 aliphatic carbocycles. The Morgan fingerprint density at radius 1 is 1.18 bits per heavy atom. The van der Waals surface area contributed by atoms with Crippen LogP contribution in [0.1, 0.15) is 34.0 Å². The molecule has 3 N–H and O–H groups in total.